The Labute approximate surface area is 290 Å². The normalized spacial score (nSPS) is 27.4. The zero-order valence-electron chi connectivity index (χ0n) is 27.8. The summed E-state index contributed by atoms with van der Waals surface area (Å²) in [6.07, 6.45) is 5.20. The number of nitrogens with one attached hydrogen (secondary N) is 2. The van der Waals surface area contributed by atoms with Crippen LogP contribution in [0.2, 0.25) is 0 Å². The molecule has 7 unspecified atom stereocenters. The Morgan fingerprint density at radius 2 is 1.94 bits per heavy atom. The second-order valence-electron chi connectivity index (χ2n) is 14.0. The molecule has 5 fully saturated rings. The monoisotopic (exact) mass is 696 g/mol. The summed E-state index contributed by atoms with van der Waals surface area (Å²) in [5.41, 5.74) is 2.00. The summed E-state index contributed by atoms with van der Waals surface area (Å²) in [6.45, 7) is 5.35. The maximum Gasteiger partial charge on any atom is 0.407 e. The summed E-state index contributed by atoms with van der Waals surface area (Å²) >= 11 is 0.0425. The van der Waals surface area contributed by atoms with Gasteiger partial charge in [-0.2, -0.15) is 0 Å². The van der Waals surface area contributed by atoms with Crippen LogP contribution in [-0.2, 0) is 32.0 Å². The van der Waals surface area contributed by atoms with Crippen molar-refractivity contribution in [2.75, 3.05) is 25.1 Å². The first kappa shape index (κ1) is 34.0. The van der Waals surface area contributed by atoms with Gasteiger partial charge in [0.25, 0.3) is 0 Å². The Hall–Kier alpha value is -2.45. The van der Waals surface area contributed by atoms with Gasteiger partial charge in [-0.05, 0) is 69.6 Å². The first-order valence-electron chi connectivity index (χ1n) is 17.6. The molecular formula is C36H48N4O6S2. The van der Waals surface area contributed by atoms with Gasteiger partial charge in [-0.15, -0.1) is 4.31 Å². The van der Waals surface area contributed by atoms with Crippen LogP contribution in [0.3, 0.4) is 0 Å². The van der Waals surface area contributed by atoms with E-state index in [-0.39, 0.29) is 42.7 Å². The third-order valence-electron chi connectivity index (χ3n) is 10.4. The van der Waals surface area contributed by atoms with Gasteiger partial charge in [0.2, 0.25) is 0 Å². The van der Waals surface area contributed by atoms with E-state index in [1.165, 1.54) is 12.8 Å². The Bertz CT molecular complexity index is 1520. The number of alkyl carbamates (subject to hydrolysis) is 1. The molecule has 2 saturated carbocycles. The van der Waals surface area contributed by atoms with Crippen molar-refractivity contribution in [3.63, 3.8) is 0 Å². The fourth-order valence-electron chi connectivity index (χ4n) is 7.55. The molecule has 0 spiro atoms. The third-order valence-corrected chi connectivity index (χ3v) is 13.0. The highest BCUT2D eigenvalue weighted by atomic mass is 32.2. The summed E-state index contributed by atoms with van der Waals surface area (Å²) in [5, 5.41) is 19.2. The van der Waals surface area contributed by atoms with Gasteiger partial charge >= 0.3 is 6.09 Å². The number of anilines is 1. The van der Waals surface area contributed by atoms with E-state index in [0.29, 0.717) is 37.0 Å². The van der Waals surface area contributed by atoms with Crippen molar-refractivity contribution in [1.82, 2.24) is 14.6 Å². The number of aliphatic hydroxyl groups is 1. The van der Waals surface area contributed by atoms with E-state index in [1.54, 1.807) is 11.3 Å². The van der Waals surface area contributed by atoms with Crippen molar-refractivity contribution in [3.8, 4) is 0 Å². The van der Waals surface area contributed by atoms with Crippen LogP contribution in [0.4, 0.5) is 9.93 Å². The number of aliphatic hydroxyl groups excluding tert-OH is 1. The van der Waals surface area contributed by atoms with E-state index in [4.69, 9.17) is 19.2 Å². The summed E-state index contributed by atoms with van der Waals surface area (Å²) in [5.74, 6) is 0.511. The van der Waals surface area contributed by atoms with Crippen molar-refractivity contribution in [2.24, 2.45) is 17.8 Å². The summed E-state index contributed by atoms with van der Waals surface area (Å²) in [4.78, 5) is 19.0. The van der Waals surface area contributed by atoms with Gasteiger partial charge < -0.3 is 34.5 Å². The van der Waals surface area contributed by atoms with Crippen molar-refractivity contribution in [3.05, 3.63) is 54.1 Å². The molecule has 4 heterocycles. The zero-order chi connectivity index (χ0) is 33.2. The Kier molecular flexibility index (Phi) is 10.8. The molecule has 8 rings (SSSR count). The minimum Gasteiger partial charge on any atom is -0.593 e. The number of hydrogen-bond acceptors (Lipinski definition) is 10. The van der Waals surface area contributed by atoms with Crippen LogP contribution in [0.25, 0.3) is 10.2 Å². The highest BCUT2D eigenvalue weighted by molar-refractivity contribution is 7.89. The molecule has 3 aliphatic heterocycles. The van der Waals surface area contributed by atoms with E-state index in [0.717, 1.165) is 46.6 Å². The molecule has 1 aromatic heterocycles. The van der Waals surface area contributed by atoms with Crippen LogP contribution in [-0.4, -0.2) is 81.4 Å². The fraction of sp³-hybridized carbons (Fsp3) is 0.611. The van der Waals surface area contributed by atoms with Gasteiger partial charge in [0.05, 0.1) is 59.5 Å². The lowest BCUT2D eigenvalue weighted by Gasteiger charge is -2.36. The Morgan fingerprint density at radius 3 is 2.73 bits per heavy atom. The third kappa shape index (κ3) is 7.80. The second kappa shape index (κ2) is 15.2. The Morgan fingerprint density at radius 1 is 1.12 bits per heavy atom. The van der Waals surface area contributed by atoms with Gasteiger partial charge in [-0.25, -0.2) is 9.78 Å². The number of fused-ring (bicyclic) bond motifs is 3. The molecule has 1 amide bonds. The number of aryl methyl sites for hydroxylation is 1. The number of aromatic nitrogens is 1. The van der Waals surface area contributed by atoms with Crippen LogP contribution >= 0.6 is 11.3 Å². The highest BCUT2D eigenvalue weighted by Gasteiger charge is 2.52. The van der Waals surface area contributed by atoms with E-state index < -0.39 is 29.6 Å². The number of thiazole rings is 1. The first-order chi connectivity index (χ1) is 23.4. The maximum absolute atomic E-state index is 14.3. The number of amides is 1. The number of carbonyl (C=O) groups excluding carboxylic acids is 1. The van der Waals surface area contributed by atoms with E-state index in [1.807, 2.05) is 52.8 Å². The van der Waals surface area contributed by atoms with Gasteiger partial charge in [0.1, 0.15) is 6.10 Å². The van der Waals surface area contributed by atoms with Crippen molar-refractivity contribution in [1.29, 1.82) is 0 Å². The van der Waals surface area contributed by atoms with Crippen LogP contribution in [0, 0.1) is 17.8 Å². The average molecular weight is 697 g/mol. The first-order valence-corrected chi connectivity index (χ1v) is 19.6. The smallest absolute Gasteiger partial charge is 0.407 e. The number of ether oxygens (including phenoxy) is 3. The van der Waals surface area contributed by atoms with Crippen LogP contribution in [0.1, 0.15) is 64.4 Å². The molecule has 3 N–H and O–H groups in total. The van der Waals surface area contributed by atoms with Gasteiger partial charge in [-0.3, -0.25) is 0 Å². The number of rotatable bonds is 15. The summed E-state index contributed by atoms with van der Waals surface area (Å²) < 4.78 is 35.1. The van der Waals surface area contributed by atoms with Crippen molar-refractivity contribution in [2.45, 2.75) is 107 Å². The number of hydrogen-bond donors (Lipinski definition) is 3. The molecule has 0 radical (unpaired) electrons. The van der Waals surface area contributed by atoms with Gasteiger partial charge in [-0.1, -0.05) is 55.0 Å². The van der Waals surface area contributed by atoms with Crippen LogP contribution < -0.4 is 10.6 Å². The molecule has 48 heavy (non-hydrogen) atoms. The number of carbonyl (C=O) groups is 1. The van der Waals surface area contributed by atoms with Gasteiger partial charge in [0, 0.05) is 29.9 Å². The second-order valence-corrected chi connectivity index (χ2v) is 16.4. The molecule has 2 aliphatic carbocycles. The highest BCUT2D eigenvalue weighted by Crippen LogP contribution is 2.46. The summed E-state index contributed by atoms with van der Waals surface area (Å²) in [6, 6.07) is 15.7. The minimum absolute atomic E-state index is 0.0617. The lowest BCUT2D eigenvalue weighted by molar-refractivity contribution is -0.135. The average Bonchev–Trinajstić information content (AvgIpc) is 3.75. The molecule has 9 atom stereocenters. The predicted molar refractivity (Wildman–Crippen MR) is 187 cm³/mol. The predicted octanol–water partition coefficient (Wildman–Crippen LogP) is 5.87. The van der Waals surface area contributed by atoms with Crippen LogP contribution in [0.5, 0.6) is 0 Å². The zero-order valence-corrected chi connectivity index (χ0v) is 29.4. The molecule has 4 bridgehead atoms. The minimum atomic E-state index is -1.54. The van der Waals surface area contributed by atoms with Crippen molar-refractivity contribution < 1.29 is 28.7 Å². The molecular weight excluding hydrogens is 649 g/mol. The summed E-state index contributed by atoms with van der Waals surface area (Å²) in [7, 11) is 0. The molecule has 5 aliphatic rings. The lowest BCUT2D eigenvalue weighted by atomic mass is 9.74. The molecule has 10 nitrogen and oxygen atoms in total. The standard InChI is InChI=1S/C36H48N4O6S2/c1-3-7-22(2)40(48(43)26-14-17-30-32(18-26)47-35(38-30)37-25-12-13-25)19-31(41)29(16-10-23-8-5-4-6-9-23)39-36(42)46-33-24-11-15-27-28(33)21-45-34(27)44-20-24/h4-6,8-9,14,17-18,22,24-25,27-29,31,33-34,41H,3,7,10-13,15-16,19-21H2,1-2H3,(H,37,38)(H,39,42)/t22?,24?,27?,28?,29-,31+,33?,34?,48?/m0/s1. The molecule has 2 aromatic carbocycles. The number of benzene rings is 2. The maximum atomic E-state index is 14.3. The molecule has 3 aromatic rings. The topological polar surface area (TPSA) is 128 Å². The largest absolute Gasteiger partial charge is 0.593 e. The van der Waals surface area contributed by atoms with Crippen molar-refractivity contribution >= 4 is 44.1 Å². The molecule has 260 valence electrons. The van der Waals surface area contributed by atoms with E-state index in [2.05, 4.69) is 24.5 Å². The fourth-order valence-corrected chi connectivity index (χ4v) is 10.0. The number of nitrogens with zero attached hydrogens (tertiary/aromatic N) is 2. The van der Waals surface area contributed by atoms with Gasteiger partial charge in [0.15, 0.2) is 16.3 Å². The van der Waals surface area contributed by atoms with Crippen LogP contribution in [0.15, 0.2) is 53.4 Å². The Balaban J connectivity index is 1.07. The lowest BCUT2D eigenvalue weighted by Crippen LogP contribution is -2.53. The van der Waals surface area contributed by atoms with E-state index >= 15 is 0 Å². The van der Waals surface area contributed by atoms with E-state index in [9.17, 15) is 14.5 Å². The quantitative estimate of drug-likeness (QED) is 0.167. The SMILES string of the molecule is CCCC(C)N(C[C@@H](O)[C@H](CCc1ccccc1)NC(=O)OC1C2CCC3C(OC2)OCC31)[S+]([O-])c1ccc2nc(NC3CC3)sc2c1. The molecule has 3 saturated heterocycles. The molecule has 12 heteroatoms.